The molecule has 1 aliphatic heterocycles. The van der Waals surface area contributed by atoms with Gasteiger partial charge in [-0.1, -0.05) is 13.8 Å². The zero-order valence-electron chi connectivity index (χ0n) is 16.6. The molecule has 0 radical (unpaired) electrons. The van der Waals surface area contributed by atoms with Crippen LogP contribution >= 0.6 is 0 Å². The molecule has 2 rings (SSSR count). The number of esters is 1. The molecule has 2 heterocycles. The van der Waals surface area contributed by atoms with Crippen LogP contribution in [0.15, 0.2) is 17.1 Å². The number of nitrogens with zero attached hydrogens (tertiary/aromatic N) is 2. The highest BCUT2D eigenvalue weighted by Gasteiger charge is 2.39. The van der Waals surface area contributed by atoms with Gasteiger partial charge >= 0.3 is 12.1 Å². The lowest BCUT2D eigenvalue weighted by Crippen LogP contribution is -2.50. The zero-order chi connectivity index (χ0) is 21.1. The van der Waals surface area contributed by atoms with E-state index < -0.39 is 29.3 Å². The van der Waals surface area contributed by atoms with Crippen molar-refractivity contribution in [2.45, 2.75) is 39.4 Å². The Balaban J connectivity index is 2.48. The van der Waals surface area contributed by atoms with Crippen LogP contribution in [0.2, 0.25) is 0 Å². The van der Waals surface area contributed by atoms with Crippen LogP contribution in [0.4, 0.5) is 18.9 Å². The summed E-state index contributed by atoms with van der Waals surface area (Å²) >= 11 is 0. The average molecular weight is 404 g/mol. The molecule has 0 aliphatic carbocycles. The van der Waals surface area contributed by atoms with E-state index in [1.54, 1.807) is 18.9 Å². The monoisotopic (exact) mass is 404 g/mol. The van der Waals surface area contributed by atoms with Crippen LogP contribution in [0, 0.1) is 11.8 Å². The molecular weight excluding hydrogens is 377 g/mol. The van der Waals surface area contributed by atoms with Gasteiger partial charge in [0.25, 0.3) is 5.56 Å². The first kappa shape index (κ1) is 22.3. The van der Waals surface area contributed by atoms with Crippen molar-refractivity contribution in [3.8, 4) is 0 Å². The van der Waals surface area contributed by atoms with E-state index in [2.05, 4.69) is 0 Å². The largest absolute Gasteiger partial charge is 0.464 e. The highest BCUT2D eigenvalue weighted by molar-refractivity contribution is 5.74. The number of methoxy groups -OCH3 is 1. The van der Waals surface area contributed by atoms with Crippen LogP contribution in [0.1, 0.15) is 38.8 Å². The molecule has 28 heavy (non-hydrogen) atoms. The van der Waals surface area contributed by atoms with Gasteiger partial charge in [0.05, 0.1) is 24.5 Å². The highest BCUT2D eigenvalue weighted by Crippen LogP contribution is 2.38. The Hall–Kier alpha value is -2.03. The van der Waals surface area contributed by atoms with Gasteiger partial charge in [0.2, 0.25) is 0 Å². The number of halogens is 3. The summed E-state index contributed by atoms with van der Waals surface area (Å²) in [5, 5.41) is 0. The molecule has 0 N–H and O–H groups in total. The summed E-state index contributed by atoms with van der Waals surface area (Å²) in [5.41, 5.74) is -1.96. The number of pyridine rings is 1. The second kappa shape index (κ2) is 8.98. The summed E-state index contributed by atoms with van der Waals surface area (Å²) in [5.74, 6) is -0.449. The topological polar surface area (TPSA) is 60.8 Å². The Labute approximate surface area is 162 Å². The molecule has 0 amide bonds. The second-order valence-electron chi connectivity index (χ2n) is 7.44. The second-order valence-corrected chi connectivity index (χ2v) is 7.44. The molecule has 0 saturated carbocycles. The quantitative estimate of drug-likeness (QED) is 0.623. The van der Waals surface area contributed by atoms with Crippen molar-refractivity contribution in [3.63, 3.8) is 0 Å². The van der Waals surface area contributed by atoms with Gasteiger partial charge in [0.1, 0.15) is 6.04 Å². The van der Waals surface area contributed by atoms with Gasteiger partial charge in [-0.25, -0.2) is 4.79 Å². The smallest absolute Gasteiger partial charge is 0.418 e. The predicted octanol–water partition coefficient (Wildman–Crippen LogP) is 3.10. The summed E-state index contributed by atoms with van der Waals surface area (Å²) in [6.45, 7) is 6.74. The minimum absolute atomic E-state index is 0.0436. The fourth-order valence-corrected chi connectivity index (χ4v) is 3.38. The van der Waals surface area contributed by atoms with E-state index >= 15 is 0 Å². The lowest BCUT2D eigenvalue weighted by molar-refractivity contribution is -0.147. The Morgan fingerprint density at radius 3 is 2.46 bits per heavy atom. The molecule has 1 aromatic heterocycles. The van der Waals surface area contributed by atoms with E-state index in [0.717, 1.165) is 10.8 Å². The number of anilines is 1. The molecule has 1 unspecified atom stereocenters. The van der Waals surface area contributed by atoms with Gasteiger partial charge in [-0.15, -0.1) is 0 Å². The van der Waals surface area contributed by atoms with Gasteiger partial charge in [0.15, 0.2) is 0 Å². The SMILES string of the molecule is CCOC(=O)C(CC(C)C)n1cc(N2CC(COC)C2)c(C(F)(F)F)cc1=O. The van der Waals surface area contributed by atoms with Crippen molar-refractivity contribution in [1.29, 1.82) is 0 Å². The molecule has 0 bridgehead atoms. The summed E-state index contributed by atoms with van der Waals surface area (Å²) in [4.78, 5) is 26.4. The number of carbonyl (C=O) groups excluding carboxylic acids is 1. The third kappa shape index (κ3) is 5.06. The van der Waals surface area contributed by atoms with E-state index in [0.29, 0.717) is 25.8 Å². The minimum Gasteiger partial charge on any atom is -0.464 e. The lowest BCUT2D eigenvalue weighted by atomic mass is 9.98. The zero-order valence-corrected chi connectivity index (χ0v) is 16.6. The number of alkyl halides is 3. The normalized spacial score (nSPS) is 16.2. The number of rotatable bonds is 8. The maximum Gasteiger partial charge on any atom is 0.418 e. The van der Waals surface area contributed by atoms with E-state index in [4.69, 9.17) is 9.47 Å². The van der Waals surface area contributed by atoms with Gasteiger partial charge in [-0.2, -0.15) is 13.2 Å². The first-order valence-electron chi connectivity index (χ1n) is 9.32. The molecule has 0 aromatic carbocycles. The standard InChI is InChI=1S/C19H27F3N2O4/c1-5-28-18(26)15(6-12(2)3)24-10-16(23-8-13(9-23)11-27-4)14(7-17(24)25)19(20,21)22/h7,10,12-13,15H,5-6,8-9,11H2,1-4H3. The molecular formula is C19H27F3N2O4. The minimum atomic E-state index is -4.67. The maximum atomic E-state index is 13.5. The molecule has 6 nitrogen and oxygen atoms in total. The molecule has 1 atom stereocenters. The highest BCUT2D eigenvalue weighted by atomic mass is 19.4. The summed E-state index contributed by atoms with van der Waals surface area (Å²) in [7, 11) is 1.54. The molecule has 1 aromatic rings. The van der Waals surface area contributed by atoms with Crippen LogP contribution in [-0.2, 0) is 20.4 Å². The third-order valence-corrected chi connectivity index (χ3v) is 4.65. The summed E-state index contributed by atoms with van der Waals surface area (Å²) in [6.07, 6.45) is -3.23. The van der Waals surface area contributed by atoms with Crippen LogP contribution in [0.5, 0.6) is 0 Å². The third-order valence-electron chi connectivity index (χ3n) is 4.65. The van der Waals surface area contributed by atoms with Crippen molar-refractivity contribution in [2.75, 3.05) is 38.3 Å². The molecule has 9 heteroatoms. The van der Waals surface area contributed by atoms with Crippen LogP contribution < -0.4 is 10.5 Å². The van der Waals surface area contributed by atoms with Gasteiger partial charge in [-0.3, -0.25) is 9.36 Å². The maximum absolute atomic E-state index is 13.5. The molecule has 1 aliphatic rings. The van der Waals surface area contributed by atoms with Crippen molar-refractivity contribution < 1.29 is 27.4 Å². The molecule has 1 fully saturated rings. The van der Waals surface area contributed by atoms with Crippen molar-refractivity contribution >= 4 is 11.7 Å². The van der Waals surface area contributed by atoms with Gasteiger partial charge in [0, 0.05) is 38.4 Å². The number of carbonyl (C=O) groups is 1. The molecule has 1 saturated heterocycles. The van der Waals surface area contributed by atoms with E-state index in [1.807, 2.05) is 13.8 Å². The van der Waals surface area contributed by atoms with Gasteiger partial charge < -0.3 is 14.4 Å². The van der Waals surface area contributed by atoms with E-state index in [9.17, 15) is 22.8 Å². The first-order valence-corrected chi connectivity index (χ1v) is 9.32. The van der Waals surface area contributed by atoms with Crippen molar-refractivity contribution in [2.24, 2.45) is 11.8 Å². The van der Waals surface area contributed by atoms with Crippen molar-refractivity contribution in [3.05, 3.63) is 28.2 Å². The number of ether oxygens (including phenoxy) is 2. The number of aromatic nitrogens is 1. The van der Waals surface area contributed by atoms with Crippen LogP contribution in [0.25, 0.3) is 0 Å². The summed E-state index contributed by atoms with van der Waals surface area (Å²) < 4.78 is 51.7. The Morgan fingerprint density at radius 2 is 1.96 bits per heavy atom. The number of hydrogen-bond donors (Lipinski definition) is 0. The summed E-state index contributed by atoms with van der Waals surface area (Å²) in [6, 6.07) is -0.393. The average Bonchev–Trinajstić information content (AvgIpc) is 2.55. The Morgan fingerprint density at radius 1 is 1.32 bits per heavy atom. The van der Waals surface area contributed by atoms with Crippen molar-refractivity contribution in [1.82, 2.24) is 4.57 Å². The van der Waals surface area contributed by atoms with Crippen LogP contribution in [0.3, 0.4) is 0 Å². The van der Waals surface area contributed by atoms with E-state index in [-0.39, 0.29) is 30.6 Å². The van der Waals surface area contributed by atoms with Gasteiger partial charge in [-0.05, 0) is 19.3 Å². The first-order chi connectivity index (χ1) is 13.1. The number of hydrogen-bond acceptors (Lipinski definition) is 5. The molecule has 158 valence electrons. The Bertz CT molecular complexity index is 740. The van der Waals surface area contributed by atoms with E-state index in [1.165, 1.54) is 0 Å². The lowest BCUT2D eigenvalue weighted by Gasteiger charge is -2.42. The predicted molar refractivity (Wildman–Crippen MR) is 98.4 cm³/mol. The fourth-order valence-electron chi connectivity index (χ4n) is 3.38. The van der Waals surface area contributed by atoms with Crippen LogP contribution in [-0.4, -0.2) is 43.9 Å². The fraction of sp³-hybridized carbons (Fsp3) is 0.684. The Kier molecular flexibility index (Phi) is 7.14. The molecule has 0 spiro atoms.